The van der Waals surface area contributed by atoms with E-state index in [1.54, 1.807) is 6.07 Å². The molecule has 0 fully saturated rings. The van der Waals surface area contributed by atoms with E-state index in [4.69, 9.17) is 9.47 Å². The Morgan fingerprint density at radius 2 is 2.00 bits per heavy atom. The Hall–Kier alpha value is -2.80. The average Bonchev–Trinajstić information content (AvgIpc) is 3.06. The molecule has 1 amide bonds. The van der Waals surface area contributed by atoms with Crippen molar-refractivity contribution in [2.24, 2.45) is 0 Å². The average molecular weight is 355 g/mol. The van der Waals surface area contributed by atoms with Crippen molar-refractivity contribution in [2.45, 2.75) is 20.0 Å². The van der Waals surface area contributed by atoms with Gasteiger partial charge in [0.1, 0.15) is 6.61 Å². The number of aromatic nitrogens is 1. The largest absolute Gasteiger partial charge is 0.485 e. The second-order valence-electron chi connectivity index (χ2n) is 5.85. The van der Waals surface area contributed by atoms with Gasteiger partial charge >= 0.3 is 0 Å². The van der Waals surface area contributed by atoms with Gasteiger partial charge in [-0.1, -0.05) is 29.5 Å². The van der Waals surface area contributed by atoms with Crippen LogP contribution in [0.3, 0.4) is 0 Å². The number of anilines is 1. The summed E-state index contributed by atoms with van der Waals surface area (Å²) in [5.74, 6) is 0.915. The molecule has 0 bridgehead atoms. The first-order valence-electron chi connectivity index (χ1n) is 7.93. The first-order chi connectivity index (χ1) is 12.1. The first kappa shape index (κ1) is 15.7. The molecule has 2 heterocycles. The number of amides is 1. The predicted molar refractivity (Wildman–Crippen MR) is 97.2 cm³/mol. The fourth-order valence-corrected chi connectivity index (χ4v) is 3.50. The monoisotopic (exact) mass is 355 g/mol. The summed E-state index contributed by atoms with van der Waals surface area (Å²) in [5.41, 5.74) is 8.82. The van der Waals surface area contributed by atoms with E-state index in [2.05, 4.69) is 28.8 Å². The minimum atomic E-state index is -0.708. The summed E-state index contributed by atoms with van der Waals surface area (Å²) in [6.07, 6.45) is -0.708. The number of carbonyl (C=O) groups is 1. The van der Waals surface area contributed by atoms with Gasteiger partial charge in [0, 0.05) is 0 Å². The number of thiazole rings is 1. The number of rotatable bonds is 3. The van der Waals surface area contributed by atoms with Crippen molar-refractivity contribution in [1.82, 2.24) is 10.4 Å². The summed E-state index contributed by atoms with van der Waals surface area (Å²) in [4.78, 5) is 16.9. The fraction of sp³-hybridized carbons (Fsp3) is 0.222. The minimum absolute atomic E-state index is 0.169. The number of fused-ring (bicyclic) bond motifs is 2. The van der Waals surface area contributed by atoms with Crippen LogP contribution in [0, 0.1) is 13.8 Å². The lowest BCUT2D eigenvalue weighted by atomic mass is 10.1. The van der Waals surface area contributed by atoms with Crippen molar-refractivity contribution in [3.8, 4) is 11.5 Å². The summed E-state index contributed by atoms with van der Waals surface area (Å²) in [7, 11) is 0. The third-order valence-electron chi connectivity index (χ3n) is 4.18. The second-order valence-corrected chi connectivity index (χ2v) is 6.88. The first-order valence-corrected chi connectivity index (χ1v) is 8.74. The van der Waals surface area contributed by atoms with Crippen LogP contribution in [0.5, 0.6) is 11.5 Å². The Labute approximate surface area is 148 Å². The molecule has 0 spiro atoms. The van der Waals surface area contributed by atoms with Gasteiger partial charge in [-0.05, 0) is 43.2 Å². The molecule has 1 atom stereocenters. The van der Waals surface area contributed by atoms with Gasteiger partial charge in [-0.15, -0.1) is 0 Å². The molecule has 3 aromatic rings. The number of carbonyl (C=O) groups excluding carboxylic acids is 1. The third kappa shape index (κ3) is 2.98. The number of hydrogen-bond donors (Lipinski definition) is 2. The molecule has 0 saturated carbocycles. The van der Waals surface area contributed by atoms with E-state index >= 15 is 0 Å². The van der Waals surface area contributed by atoms with E-state index in [9.17, 15) is 4.79 Å². The van der Waals surface area contributed by atoms with Gasteiger partial charge in [0.2, 0.25) is 11.2 Å². The Morgan fingerprint density at radius 1 is 1.20 bits per heavy atom. The number of nitrogens with one attached hydrogen (secondary N) is 2. The van der Waals surface area contributed by atoms with Gasteiger partial charge in [0.05, 0.1) is 10.2 Å². The number of nitrogens with zero attached hydrogens (tertiary/aromatic N) is 1. The van der Waals surface area contributed by atoms with E-state index in [-0.39, 0.29) is 12.5 Å². The highest BCUT2D eigenvalue weighted by molar-refractivity contribution is 7.22. The van der Waals surface area contributed by atoms with Crippen LogP contribution in [0.25, 0.3) is 10.2 Å². The Kier molecular flexibility index (Phi) is 3.93. The van der Waals surface area contributed by atoms with Crippen LogP contribution in [0.15, 0.2) is 36.4 Å². The highest BCUT2D eigenvalue weighted by Crippen LogP contribution is 2.31. The molecule has 7 heteroatoms. The van der Waals surface area contributed by atoms with Crippen molar-refractivity contribution in [3.05, 3.63) is 47.5 Å². The van der Waals surface area contributed by atoms with Crippen molar-refractivity contribution in [2.75, 3.05) is 12.0 Å². The summed E-state index contributed by atoms with van der Waals surface area (Å²) in [5, 5.41) is 0.633. The van der Waals surface area contributed by atoms with Gasteiger partial charge in [-0.25, -0.2) is 4.98 Å². The molecular weight excluding hydrogens is 338 g/mol. The van der Waals surface area contributed by atoms with Crippen molar-refractivity contribution in [3.63, 3.8) is 0 Å². The van der Waals surface area contributed by atoms with E-state index < -0.39 is 6.10 Å². The van der Waals surface area contributed by atoms with Gasteiger partial charge in [0.25, 0.3) is 5.91 Å². The van der Waals surface area contributed by atoms with Crippen molar-refractivity contribution >= 4 is 32.6 Å². The van der Waals surface area contributed by atoms with E-state index in [0.29, 0.717) is 16.6 Å². The van der Waals surface area contributed by atoms with E-state index in [0.717, 1.165) is 15.8 Å². The lowest BCUT2D eigenvalue weighted by Crippen LogP contribution is -2.45. The molecule has 2 N–H and O–H groups in total. The number of ether oxygens (including phenoxy) is 2. The number of hydrogen-bond acceptors (Lipinski definition) is 6. The zero-order valence-corrected chi connectivity index (χ0v) is 14.6. The predicted octanol–water partition coefficient (Wildman–Crippen LogP) is 3.20. The highest BCUT2D eigenvalue weighted by atomic mass is 32.1. The molecular formula is C18H17N3O3S. The van der Waals surface area contributed by atoms with Crippen molar-refractivity contribution in [1.29, 1.82) is 0 Å². The van der Waals surface area contributed by atoms with Gasteiger partial charge in [0.15, 0.2) is 11.5 Å². The highest BCUT2D eigenvalue weighted by Gasteiger charge is 2.27. The Balaban J connectivity index is 1.43. The van der Waals surface area contributed by atoms with Crippen molar-refractivity contribution < 1.29 is 14.3 Å². The lowest BCUT2D eigenvalue weighted by Gasteiger charge is -2.25. The zero-order valence-electron chi connectivity index (χ0n) is 13.8. The van der Waals surface area contributed by atoms with E-state index in [1.165, 1.54) is 16.9 Å². The summed E-state index contributed by atoms with van der Waals surface area (Å²) >= 11 is 1.49. The Bertz CT molecular complexity index is 954. The molecule has 0 radical (unpaired) electrons. The topological polar surface area (TPSA) is 72.5 Å². The van der Waals surface area contributed by atoms with Crippen LogP contribution < -0.4 is 20.3 Å². The molecule has 1 aliphatic heterocycles. The number of benzene rings is 2. The van der Waals surface area contributed by atoms with E-state index in [1.807, 2.05) is 31.2 Å². The van der Waals surface area contributed by atoms with Crippen LogP contribution >= 0.6 is 11.3 Å². The maximum atomic E-state index is 12.3. The molecule has 0 unspecified atom stereocenters. The number of aryl methyl sites for hydroxylation is 2. The van der Waals surface area contributed by atoms with Crippen LogP contribution in [0.4, 0.5) is 5.13 Å². The quantitative estimate of drug-likeness (QED) is 0.706. The second kappa shape index (κ2) is 6.25. The molecule has 0 aliphatic carbocycles. The molecule has 128 valence electrons. The van der Waals surface area contributed by atoms with Crippen LogP contribution in [0.1, 0.15) is 11.1 Å². The third-order valence-corrected chi connectivity index (χ3v) is 5.11. The maximum Gasteiger partial charge on any atom is 0.283 e. The molecule has 25 heavy (non-hydrogen) atoms. The molecule has 1 aliphatic rings. The van der Waals surface area contributed by atoms with Crippen LogP contribution in [-0.4, -0.2) is 23.6 Å². The normalized spacial score (nSPS) is 15.8. The summed E-state index contributed by atoms with van der Waals surface area (Å²) in [6.45, 7) is 4.27. The van der Waals surface area contributed by atoms with Gasteiger partial charge in [-0.3, -0.25) is 15.6 Å². The minimum Gasteiger partial charge on any atom is -0.485 e. The zero-order chi connectivity index (χ0) is 17.4. The number of para-hydroxylation sites is 2. The Morgan fingerprint density at radius 3 is 2.84 bits per heavy atom. The molecule has 0 saturated heterocycles. The fourth-order valence-electron chi connectivity index (χ4n) is 2.62. The SMILES string of the molecule is Cc1ccc2sc(NNC(=O)[C@H]3COc4ccccc4O3)nc2c1C. The molecule has 4 rings (SSSR count). The molecule has 2 aromatic carbocycles. The summed E-state index contributed by atoms with van der Waals surface area (Å²) < 4.78 is 12.3. The van der Waals surface area contributed by atoms with Gasteiger partial charge < -0.3 is 9.47 Å². The van der Waals surface area contributed by atoms with Crippen LogP contribution in [0.2, 0.25) is 0 Å². The van der Waals surface area contributed by atoms with Crippen LogP contribution in [-0.2, 0) is 4.79 Å². The maximum absolute atomic E-state index is 12.3. The molecule has 6 nitrogen and oxygen atoms in total. The molecule has 1 aromatic heterocycles. The lowest BCUT2D eigenvalue weighted by molar-refractivity contribution is -0.129. The standard InChI is InChI=1S/C18H17N3O3S/c1-10-7-8-15-16(11(10)2)19-18(25-15)21-20-17(22)14-9-23-12-5-3-4-6-13(12)24-14/h3-8,14H,9H2,1-2H3,(H,19,21)(H,20,22)/t14-/m1/s1. The van der Waals surface area contributed by atoms with Gasteiger partial charge in [-0.2, -0.15) is 0 Å². The smallest absolute Gasteiger partial charge is 0.283 e. The number of hydrazine groups is 1. The summed E-state index contributed by atoms with van der Waals surface area (Å²) in [6, 6.07) is 11.4.